The van der Waals surface area contributed by atoms with Crippen molar-refractivity contribution >= 4 is 5.91 Å². The number of carbonyl (C=O) groups excluding carboxylic acids is 1. The third kappa shape index (κ3) is 2.99. The summed E-state index contributed by atoms with van der Waals surface area (Å²) in [6, 6.07) is -0.449. The van der Waals surface area contributed by atoms with E-state index in [0.29, 0.717) is 12.8 Å². The first-order valence-corrected chi connectivity index (χ1v) is 5.70. The monoisotopic (exact) mass is 262 g/mol. The topological polar surface area (TPSA) is 70.7 Å². The summed E-state index contributed by atoms with van der Waals surface area (Å²) in [5, 5.41) is 11.9. The van der Waals surface area contributed by atoms with Gasteiger partial charge in [-0.05, 0) is 19.3 Å². The number of nitrogens with zero attached hydrogens (tertiary/aromatic N) is 2. The molecule has 0 saturated heterocycles. The number of alkyl halides is 3. The lowest BCUT2D eigenvalue weighted by Crippen LogP contribution is -2.41. The first-order valence-electron chi connectivity index (χ1n) is 5.70. The summed E-state index contributed by atoms with van der Waals surface area (Å²) in [7, 11) is 0. The van der Waals surface area contributed by atoms with Gasteiger partial charge in [0.1, 0.15) is 0 Å². The zero-order valence-electron chi connectivity index (χ0n) is 9.50. The van der Waals surface area contributed by atoms with Crippen LogP contribution in [0.4, 0.5) is 13.2 Å². The molecule has 1 amide bonds. The molecule has 0 radical (unpaired) electrons. The first-order chi connectivity index (χ1) is 8.47. The summed E-state index contributed by atoms with van der Waals surface area (Å²) in [6.07, 6.45) is -1.84. The van der Waals surface area contributed by atoms with Crippen LogP contribution >= 0.6 is 0 Å². The minimum absolute atomic E-state index is 0.0624. The van der Waals surface area contributed by atoms with E-state index in [4.69, 9.17) is 0 Å². The molecular formula is C10H13F3N4O. The Kier molecular flexibility index (Phi) is 3.53. The highest BCUT2D eigenvalue weighted by atomic mass is 19.4. The molecule has 1 aliphatic carbocycles. The minimum Gasteiger partial charge on any atom is -0.348 e. The van der Waals surface area contributed by atoms with E-state index in [1.807, 2.05) is 0 Å². The van der Waals surface area contributed by atoms with Gasteiger partial charge in [0.2, 0.25) is 0 Å². The number of aromatic amines is 1. The lowest BCUT2D eigenvalue weighted by molar-refractivity contribution is -0.183. The van der Waals surface area contributed by atoms with E-state index in [0.717, 1.165) is 0 Å². The van der Waals surface area contributed by atoms with Crippen LogP contribution in [0.2, 0.25) is 0 Å². The van der Waals surface area contributed by atoms with Gasteiger partial charge in [0.25, 0.3) is 5.91 Å². The zero-order valence-corrected chi connectivity index (χ0v) is 9.50. The molecule has 1 saturated carbocycles. The molecule has 18 heavy (non-hydrogen) atoms. The number of aromatic nitrogens is 3. The zero-order chi connectivity index (χ0) is 13.2. The molecule has 1 fully saturated rings. The highest BCUT2D eigenvalue weighted by Crippen LogP contribution is 2.37. The van der Waals surface area contributed by atoms with Crippen molar-refractivity contribution in [3.05, 3.63) is 11.9 Å². The van der Waals surface area contributed by atoms with Crippen LogP contribution in [0, 0.1) is 5.92 Å². The number of halogens is 3. The SMILES string of the molecule is O=C(NC1CCCC(C(F)(F)F)C1)c1cn[nH]n1. The van der Waals surface area contributed by atoms with Crippen molar-refractivity contribution in [3.63, 3.8) is 0 Å². The van der Waals surface area contributed by atoms with Crippen molar-refractivity contribution in [1.82, 2.24) is 20.7 Å². The first kappa shape index (κ1) is 12.8. The molecule has 0 bridgehead atoms. The summed E-state index contributed by atoms with van der Waals surface area (Å²) in [4.78, 5) is 11.6. The van der Waals surface area contributed by atoms with E-state index in [1.54, 1.807) is 0 Å². The van der Waals surface area contributed by atoms with Crippen LogP contribution in [0.3, 0.4) is 0 Å². The summed E-state index contributed by atoms with van der Waals surface area (Å²) in [6.45, 7) is 0. The quantitative estimate of drug-likeness (QED) is 0.851. The maximum absolute atomic E-state index is 12.6. The molecule has 1 heterocycles. The van der Waals surface area contributed by atoms with Gasteiger partial charge in [-0.2, -0.15) is 28.6 Å². The molecule has 1 aromatic heterocycles. The highest BCUT2D eigenvalue weighted by Gasteiger charge is 2.42. The molecule has 8 heteroatoms. The Morgan fingerprint density at radius 1 is 1.44 bits per heavy atom. The van der Waals surface area contributed by atoms with E-state index in [-0.39, 0.29) is 18.5 Å². The van der Waals surface area contributed by atoms with E-state index in [1.165, 1.54) is 6.20 Å². The van der Waals surface area contributed by atoms with Crippen LogP contribution in [0.1, 0.15) is 36.2 Å². The number of amides is 1. The van der Waals surface area contributed by atoms with Crippen LogP contribution in [-0.2, 0) is 0 Å². The van der Waals surface area contributed by atoms with E-state index in [9.17, 15) is 18.0 Å². The third-order valence-corrected chi connectivity index (χ3v) is 3.12. The van der Waals surface area contributed by atoms with Crippen molar-refractivity contribution in [3.8, 4) is 0 Å². The molecule has 1 aromatic rings. The molecule has 100 valence electrons. The van der Waals surface area contributed by atoms with Crippen molar-refractivity contribution in [1.29, 1.82) is 0 Å². The van der Waals surface area contributed by atoms with Crippen LogP contribution in [0.5, 0.6) is 0 Å². The summed E-state index contributed by atoms with van der Waals surface area (Å²) < 4.78 is 37.8. The number of hydrogen-bond acceptors (Lipinski definition) is 3. The second-order valence-corrected chi connectivity index (χ2v) is 4.43. The van der Waals surface area contributed by atoms with Crippen molar-refractivity contribution < 1.29 is 18.0 Å². The van der Waals surface area contributed by atoms with Crippen molar-refractivity contribution in [2.75, 3.05) is 0 Å². The average Bonchev–Trinajstić information content (AvgIpc) is 2.81. The molecule has 2 rings (SSSR count). The summed E-state index contributed by atoms with van der Waals surface area (Å²) in [5.41, 5.74) is 0.0872. The molecule has 0 aliphatic heterocycles. The van der Waals surface area contributed by atoms with E-state index in [2.05, 4.69) is 20.7 Å². The highest BCUT2D eigenvalue weighted by molar-refractivity contribution is 5.91. The molecule has 0 spiro atoms. The normalized spacial score (nSPS) is 24.8. The fourth-order valence-corrected chi connectivity index (χ4v) is 2.19. The number of nitrogens with one attached hydrogen (secondary N) is 2. The number of rotatable bonds is 2. The Bertz CT molecular complexity index is 404. The Morgan fingerprint density at radius 2 is 2.22 bits per heavy atom. The molecule has 2 N–H and O–H groups in total. The van der Waals surface area contributed by atoms with Gasteiger partial charge in [0.15, 0.2) is 5.69 Å². The third-order valence-electron chi connectivity index (χ3n) is 3.12. The average molecular weight is 262 g/mol. The second kappa shape index (κ2) is 4.95. The van der Waals surface area contributed by atoms with Crippen molar-refractivity contribution in [2.45, 2.75) is 37.9 Å². The Hall–Kier alpha value is -1.60. The van der Waals surface area contributed by atoms with Gasteiger partial charge < -0.3 is 5.32 Å². The summed E-state index contributed by atoms with van der Waals surface area (Å²) in [5.74, 6) is -1.81. The van der Waals surface area contributed by atoms with Gasteiger partial charge in [0, 0.05) is 6.04 Å². The molecule has 0 aromatic carbocycles. The number of hydrogen-bond donors (Lipinski definition) is 2. The van der Waals surface area contributed by atoms with Crippen LogP contribution in [0.15, 0.2) is 6.20 Å². The number of H-pyrrole nitrogens is 1. The molecular weight excluding hydrogens is 249 g/mol. The van der Waals surface area contributed by atoms with Crippen LogP contribution in [-0.4, -0.2) is 33.5 Å². The maximum Gasteiger partial charge on any atom is 0.391 e. The Morgan fingerprint density at radius 3 is 2.83 bits per heavy atom. The fraction of sp³-hybridized carbons (Fsp3) is 0.700. The lowest BCUT2D eigenvalue weighted by atomic mass is 9.85. The molecule has 1 aliphatic rings. The van der Waals surface area contributed by atoms with Gasteiger partial charge in [-0.15, -0.1) is 0 Å². The van der Waals surface area contributed by atoms with Gasteiger partial charge in [-0.3, -0.25) is 4.79 Å². The standard InChI is InChI=1S/C10H13F3N4O/c11-10(12,13)6-2-1-3-7(4-6)15-9(18)8-5-14-17-16-8/h5-7H,1-4H2,(H,15,18)(H,14,16,17). The Labute approximate surface area is 101 Å². The van der Waals surface area contributed by atoms with Crippen molar-refractivity contribution in [2.24, 2.45) is 5.92 Å². The smallest absolute Gasteiger partial charge is 0.348 e. The largest absolute Gasteiger partial charge is 0.391 e. The van der Waals surface area contributed by atoms with Gasteiger partial charge in [0.05, 0.1) is 12.1 Å². The summed E-state index contributed by atoms with van der Waals surface area (Å²) >= 11 is 0. The molecule has 2 unspecified atom stereocenters. The fourth-order valence-electron chi connectivity index (χ4n) is 2.19. The minimum atomic E-state index is -4.18. The van der Waals surface area contributed by atoms with Gasteiger partial charge in [-0.25, -0.2) is 0 Å². The Balaban J connectivity index is 1.92. The van der Waals surface area contributed by atoms with E-state index >= 15 is 0 Å². The molecule has 5 nitrogen and oxygen atoms in total. The van der Waals surface area contributed by atoms with Crippen LogP contribution in [0.25, 0.3) is 0 Å². The maximum atomic E-state index is 12.6. The van der Waals surface area contributed by atoms with E-state index < -0.39 is 24.0 Å². The second-order valence-electron chi connectivity index (χ2n) is 4.43. The van der Waals surface area contributed by atoms with Gasteiger partial charge >= 0.3 is 6.18 Å². The predicted octanol–water partition coefficient (Wildman–Crippen LogP) is 1.66. The number of carbonyl (C=O) groups is 1. The van der Waals surface area contributed by atoms with Crippen LogP contribution < -0.4 is 5.32 Å². The molecule has 2 atom stereocenters. The lowest BCUT2D eigenvalue weighted by Gasteiger charge is -2.30. The predicted molar refractivity (Wildman–Crippen MR) is 55.6 cm³/mol. The van der Waals surface area contributed by atoms with Gasteiger partial charge in [-0.1, -0.05) is 6.42 Å².